The van der Waals surface area contributed by atoms with Crippen molar-refractivity contribution in [3.8, 4) is 5.75 Å². The Labute approximate surface area is 92.8 Å². The fourth-order valence-electron chi connectivity index (χ4n) is 1.35. The lowest BCUT2D eigenvalue weighted by molar-refractivity contribution is 0.0600. The van der Waals surface area contributed by atoms with Crippen molar-refractivity contribution in [1.82, 2.24) is 0 Å². The zero-order valence-corrected chi connectivity index (χ0v) is 9.06. The number of methoxy groups -OCH3 is 1. The van der Waals surface area contributed by atoms with Crippen LogP contribution in [0.2, 0.25) is 0 Å². The van der Waals surface area contributed by atoms with Gasteiger partial charge < -0.3 is 15.6 Å². The molecule has 86 valence electrons. The molecular weight excluding hydrogens is 210 g/mol. The number of ether oxygens (including phenoxy) is 1. The summed E-state index contributed by atoms with van der Waals surface area (Å²) in [6, 6.07) is 2.20. The largest absolute Gasteiger partial charge is 0.507 e. The molecule has 0 saturated carbocycles. The average molecular weight is 223 g/mol. The monoisotopic (exact) mass is 223 g/mol. The van der Waals surface area contributed by atoms with Gasteiger partial charge in [0.2, 0.25) is 0 Å². The highest BCUT2D eigenvalue weighted by molar-refractivity contribution is 5.93. The number of phenolic OH excluding ortho intramolecular Hbond substituents is 1. The molecule has 0 aliphatic carbocycles. The number of rotatable bonds is 3. The predicted molar refractivity (Wildman–Crippen MR) is 57.4 cm³/mol. The summed E-state index contributed by atoms with van der Waals surface area (Å²) in [5.74, 6) is -0.775. The molecule has 1 aromatic carbocycles. The standard InChI is InChI=1S/C11H13NO4/c1-6(12)9-4-7(11(15)16-2)3-8(5-13)10(9)14/h3-6,14H,12H2,1-2H3/t6-/m1/s1. The second-order valence-corrected chi connectivity index (χ2v) is 3.40. The van der Waals surface area contributed by atoms with Crippen molar-refractivity contribution in [3.63, 3.8) is 0 Å². The molecule has 5 nitrogen and oxygen atoms in total. The van der Waals surface area contributed by atoms with Crippen molar-refractivity contribution in [3.05, 3.63) is 28.8 Å². The molecular formula is C11H13NO4. The van der Waals surface area contributed by atoms with Crippen LogP contribution in [0.1, 0.15) is 39.2 Å². The quantitative estimate of drug-likeness (QED) is 0.589. The van der Waals surface area contributed by atoms with E-state index in [1.807, 2.05) is 0 Å². The van der Waals surface area contributed by atoms with Gasteiger partial charge in [-0.2, -0.15) is 0 Å². The first kappa shape index (κ1) is 12.2. The number of phenols is 1. The van der Waals surface area contributed by atoms with Crippen LogP contribution < -0.4 is 5.73 Å². The van der Waals surface area contributed by atoms with Gasteiger partial charge in [-0.3, -0.25) is 4.79 Å². The van der Waals surface area contributed by atoms with Gasteiger partial charge in [-0.05, 0) is 19.1 Å². The number of nitrogens with two attached hydrogens (primary N) is 1. The van der Waals surface area contributed by atoms with Gasteiger partial charge in [-0.25, -0.2) is 4.79 Å². The number of aromatic hydroxyl groups is 1. The van der Waals surface area contributed by atoms with E-state index in [0.29, 0.717) is 11.8 Å². The first-order valence-corrected chi connectivity index (χ1v) is 4.67. The molecule has 16 heavy (non-hydrogen) atoms. The van der Waals surface area contributed by atoms with Crippen molar-refractivity contribution in [1.29, 1.82) is 0 Å². The second-order valence-electron chi connectivity index (χ2n) is 3.40. The van der Waals surface area contributed by atoms with Gasteiger partial charge in [-0.1, -0.05) is 0 Å². The molecule has 0 saturated heterocycles. The fourth-order valence-corrected chi connectivity index (χ4v) is 1.35. The summed E-state index contributed by atoms with van der Waals surface area (Å²) in [7, 11) is 1.24. The zero-order valence-electron chi connectivity index (χ0n) is 9.06. The number of esters is 1. The van der Waals surface area contributed by atoms with Crippen LogP contribution in [-0.2, 0) is 4.74 Å². The topological polar surface area (TPSA) is 89.6 Å². The van der Waals surface area contributed by atoms with Crippen LogP contribution in [0.15, 0.2) is 12.1 Å². The van der Waals surface area contributed by atoms with Gasteiger partial charge in [0, 0.05) is 11.6 Å². The molecule has 0 amide bonds. The van der Waals surface area contributed by atoms with E-state index in [9.17, 15) is 14.7 Å². The number of aldehydes is 1. The van der Waals surface area contributed by atoms with E-state index in [1.54, 1.807) is 6.92 Å². The van der Waals surface area contributed by atoms with Gasteiger partial charge in [0.1, 0.15) is 5.75 Å². The molecule has 0 aromatic heterocycles. The van der Waals surface area contributed by atoms with Crippen molar-refractivity contribution in [2.75, 3.05) is 7.11 Å². The molecule has 0 aliphatic heterocycles. The SMILES string of the molecule is COC(=O)c1cc(C=O)c(O)c([C@@H](C)N)c1. The second kappa shape index (κ2) is 4.76. The van der Waals surface area contributed by atoms with E-state index >= 15 is 0 Å². The number of hydrogen-bond donors (Lipinski definition) is 2. The molecule has 0 radical (unpaired) electrons. The summed E-state index contributed by atoms with van der Waals surface area (Å²) in [6.07, 6.45) is 0.466. The van der Waals surface area contributed by atoms with Crippen molar-refractivity contribution in [2.45, 2.75) is 13.0 Å². The molecule has 0 spiro atoms. The van der Waals surface area contributed by atoms with Gasteiger partial charge in [0.05, 0.1) is 18.2 Å². The summed E-state index contributed by atoms with van der Waals surface area (Å²) in [5.41, 5.74) is 6.17. The minimum absolute atomic E-state index is 0.0233. The Kier molecular flexibility index (Phi) is 3.63. The summed E-state index contributed by atoms with van der Waals surface area (Å²) in [4.78, 5) is 22.0. The molecule has 1 rings (SSSR count). The molecule has 0 bridgehead atoms. The lowest BCUT2D eigenvalue weighted by Crippen LogP contribution is -2.10. The van der Waals surface area contributed by atoms with Crippen molar-refractivity contribution >= 4 is 12.3 Å². The Morgan fingerprint density at radius 1 is 1.56 bits per heavy atom. The number of benzene rings is 1. The lowest BCUT2D eigenvalue weighted by atomic mass is 10.0. The first-order valence-electron chi connectivity index (χ1n) is 4.67. The highest BCUT2D eigenvalue weighted by Gasteiger charge is 2.16. The third kappa shape index (κ3) is 2.20. The van der Waals surface area contributed by atoms with Crippen LogP contribution >= 0.6 is 0 Å². The highest BCUT2D eigenvalue weighted by Crippen LogP contribution is 2.27. The summed E-state index contributed by atoms with van der Waals surface area (Å²) < 4.78 is 4.53. The summed E-state index contributed by atoms with van der Waals surface area (Å²) in [6.45, 7) is 1.64. The first-order chi connectivity index (χ1) is 7.51. The van der Waals surface area contributed by atoms with E-state index in [2.05, 4.69) is 4.74 Å². The molecule has 1 atom stereocenters. The van der Waals surface area contributed by atoms with E-state index < -0.39 is 12.0 Å². The third-order valence-corrected chi connectivity index (χ3v) is 2.21. The number of carbonyl (C=O) groups excluding carboxylic acids is 2. The van der Waals surface area contributed by atoms with Gasteiger partial charge in [-0.15, -0.1) is 0 Å². The molecule has 3 N–H and O–H groups in total. The minimum atomic E-state index is -0.579. The smallest absolute Gasteiger partial charge is 0.337 e. The van der Waals surface area contributed by atoms with Crippen LogP contribution in [-0.4, -0.2) is 24.5 Å². The highest BCUT2D eigenvalue weighted by atomic mass is 16.5. The van der Waals surface area contributed by atoms with Crippen LogP contribution in [0.4, 0.5) is 0 Å². The van der Waals surface area contributed by atoms with E-state index in [-0.39, 0.29) is 16.9 Å². The summed E-state index contributed by atoms with van der Waals surface area (Å²) >= 11 is 0. The van der Waals surface area contributed by atoms with Crippen LogP contribution in [0.3, 0.4) is 0 Å². The van der Waals surface area contributed by atoms with E-state index in [0.717, 1.165) is 0 Å². The van der Waals surface area contributed by atoms with E-state index in [1.165, 1.54) is 19.2 Å². The normalized spacial score (nSPS) is 11.9. The summed E-state index contributed by atoms with van der Waals surface area (Å²) in [5, 5.41) is 9.67. The Morgan fingerprint density at radius 2 is 2.19 bits per heavy atom. The van der Waals surface area contributed by atoms with E-state index in [4.69, 9.17) is 5.73 Å². The third-order valence-electron chi connectivity index (χ3n) is 2.21. The zero-order chi connectivity index (χ0) is 12.3. The Hall–Kier alpha value is -1.88. The Bertz CT molecular complexity index is 426. The van der Waals surface area contributed by atoms with Crippen LogP contribution in [0.5, 0.6) is 5.75 Å². The van der Waals surface area contributed by atoms with Crippen LogP contribution in [0, 0.1) is 0 Å². The van der Waals surface area contributed by atoms with Crippen molar-refractivity contribution in [2.24, 2.45) is 5.73 Å². The predicted octanol–water partition coefficient (Wildman–Crippen LogP) is 1.01. The molecule has 5 heteroatoms. The maximum Gasteiger partial charge on any atom is 0.337 e. The lowest BCUT2D eigenvalue weighted by Gasteiger charge is -2.11. The molecule has 0 fully saturated rings. The molecule has 1 aromatic rings. The molecule has 0 unspecified atom stereocenters. The number of carbonyl (C=O) groups is 2. The number of hydrogen-bond acceptors (Lipinski definition) is 5. The maximum atomic E-state index is 11.3. The van der Waals surface area contributed by atoms with Gasteiger partial charge in [0.15, 0.2) is 6.29 Å². The van der Waals surface area contributed by atoms with Crippen molar-refractivity contribution < 1.29 is 19.4 Å². The molecule has 0 aliphatic rings. The fraction of sp³-hybridized carbons (Fsp3) is 0.273. The minimum Gasteiger partial charge on any atom is -0.507 e. The maximum absolute atomic E-state index is 11.3. The van der Waals surface area contributed by atoms with Crippen LogP contribution in [0.25, 0.3) is 0 Å². The van der Waals surface area contributed by atoms with Gasteiger partial charge in [0.25, 0.3) is 0 Å². The average Bonchev–Trinajstić information content (AvgIpc) is 2.27. The molecule has 0 heterocycles. The van der Waals surface area contributed by atoms with Gasteiger partial charge >= 0.3 is 5.97 Å². The Morgan fingerprint density at radius 3 is 2.62 bits per heavy atom. The Balaban J connectivity index is 3.39.